The van der Waals surface area contributed by atoms with Gasteiger partial charge in [-0.15, -0.1) is 0 Å². The van der Waals surface area contributed by atoms with E-state index in [1.807, 2.05) is 0 Å². The van der Waals surface area contributed by atoms with Crippen LogP contribution in [0.2, 0.25) is 0 Å². The van der Waals surface area contributed by atoms with Crippen molar-refractivity contribution in [1.82, 2.24) is 0 Å². The molecule has 4 aliphatic carbocycles. The summed E-state index contributed by atoms with van der Waals surface area (Å²) in [6.45, 7) is 5.87. The fourth-order valence-corrected chi connectivity index (χ4v) is 7.52. The highest BCUT2D eigenvalue weighted by molar-refractivity contribution is 5.90. The summed E-state index contributed by atoms with van der Waals surface area (Å²) in [4.78, 5) is 12.8. The molecule has 1 spiro atoms. The summed E-state index contributed by atoms with van der Waals surface area (Å²) in [5, 5.41) is 0. The van der Waals surface area contributed by atoms with Crippen molar-refractivity contribution in [2.75, 3.05) is 13.2 Å². The van der Waals surface area contributed by atoms with E-state index >= 15 is 0 Å². The van der Waals surface area contributed by atoms with E-state index in [4.69, 9.17) is 9.47 Å². The molecule has 5 aliphatic rings. The molecule has 0 aromatic carbocycles. The van der Waals surface area contributed by atoms with Crippen molar-refractivity contribution in [3.05, 3.63) is 23.5 Å². The van der Waals surface area contributed by atoms with E-state index in [0.29, 0.717) is 30.6 Å². The van der Waals surface area contributed by atoms with Gasteiger partial charge in [0.25, 0.3) is 0 Å². The number of hydrogen-bond donors (Lipinski definition) is 0. The van der Waals surface area contributed by atoms with Crippen molar-refractivity contribution in [2.45, 2.75) is 70.8 Å². The average Bonchev–Trinajstić information content (AvgIpc) is 3.17. The highest BCUT2D eigenvalue weighted by Gasteiger charge is 2.67. The number of carbonyl (C=O) groups is 1. The smallest absolute Gasteiger partial charge is 0.167 e. The maximum absolute atomic E-state index is 12.8. The lowest BCUT2D eigenvalue weighted by Crippen LogP contribution is -2.54. The lowest BCUT2D eigenvalue weighted by atomic mass is 9.51. The SMILES string of the molecule is CCOC1=CC2=CC[C@@H]3[C@H](CC[C@@]4(C)[C@H]3CC[C@]43OCCC3=O)[C@H]2CC1. The van der Waals surface area contributed by atoms with E-state index in [1.165, 1.54) is 37.0 Å². The number of rotatable bonds is 2. The second-order valence-electron chi connectivity index (χ2n) is 9.41. The first-order valence-corrected chi connectivity index (χ1v) is 10.8. The molecule has 6 atom stereocenters. The topological polar surface area (TPSA) is 35.5 Å². The predicted molar refractivity (Wildman–Crippen MR) is 100 cm³/mol. The number of ether oxygens (including phenoxy) is 2. The molecule has 1 saturated heterocycles. The average molecular weight is 357 g/mol. The minimum absolute atomic E-state index is 0.0636. The first-order valence-electron chi connectivity index (χ1n) is 10.8. The second kappa shape index (κ2) is 5.95. The van der Waals surface area contributed by atoms with Crippen LogP contribution in [0.1, 0.15) is 65.2 Å². The van der Waals surface area contributed by atoms with Gasteiger partial charge in [0.2, 0.25) is 0 Å². The van der Waals surface area contributed by atoms with E-state index in [2.05, 4.69) is 26.0 Å². The van der Waals surface area contributed by atoms with Gasteiger partial charge >= 0.3 is 0 Å². The van der Waals surface area contributed by atoms with Gasteiger partial charge < -0.3 is 9.47 Å². The Hall–Kier alpha value is -1.09. The van der Waals surface area contributed by atoms with Gasteiger partial charge in [-0.05, 0) is 80.8 Å². The van der Waals surface area contributed by atoms with Crippen molar-refractivity contribution < 1.29 is 14.3 Å². The van der Waals surface area contributed by atoms with Crippen molar-refractivity contribution in [3.8, 4) is 0 Å². The number of allylic oxidation sites excluding steroid dienone is 4. The van der Waals surface area contributed by atoms with E-state index in [0.717, 1.165) is 37.7 Å². The van der Waals surface area contributed by atoms with Crippen LogP contribution in [0.4, 0.5) is 0 Å². The summed E-state index contributed by atoms with van der Waals surface area (Å²) in [6, 6.07) is 0. The summed E-state index contributed by atoms with van der Waals surface area (Å²) >= 11 is 0. The maximum atomic E-state index is 12.8. The van der Waals surface area contributed by atoms with Gasteiger partial charge in [0.05, 0.1) is 19.0 Å². The van der Waals surface area contributed by atoms with Gasteiger partial charge in [-0.2, -0.15) is 0 Å². The zero-order valence-electron chi connectivity index (χ0n) is 16.3. The third-order valence-electron chi connectivity index (χ3n) is 8.67. The third-order valence-corrected chi connectivity index (χ3v) is 8.67. The molecule has 0 bridgehead atoms. The molecule has 0 aromatic rings. The molecule has 0 aromatic heterocycles. The molecule has 0 amide bonds. The zero-order valence-corrected chi connectivity index (χ0v) is 16.3. The number of hydrogen-bond acceptors (Lipinski definition) is 3. The Morgan fingerprint density at radius 2 is 2.08 bits per heavy atom. The Bertz CT molecular complexity index is 677. The van der Waals surface area contributed by atoms with Gasteiger partial charge in [0, 0.05) is 18.3 Å². The highest BCUT2D eigenvalue weighted by Crippen LogP contribution is 2.66. The Balaban J connectivity index is 1.44. The first kappa shape index (κ1) is 17.0. The third kappa shape index (κ3) is 2.13. The molecule has 0 radical (unpaired) electrons. The van der Waals surface area contributed by atoms with Crippen LogP contribution in [0.3, 0.4) is 0 Å². The van der Waals surface area contributed by atoms with Crippen LogP contribution in [0, 0.1) is 29.1 Å². The Morgan fingerprint density at radius 1 is 1.19 bits per heavy atom. The van der Waals surface area contributed by atoms with Crippen molar-refractivity contribution in [2.24, 2.45) is 29.1 Å². The molecule has 5 rings (SSSR count). The minimum atomic E-state index is -0.443. The quantitative estimate of drug-likeness (QED) is 0.712. The summed E-state index contributed by atoms with van der Waals surface area (Å²) in [5.41, 5.74) is 1.15. The van der Waals surface area contributed by atoms with Crippen molar-refractivity contribution in [3.63, 3.8) is 0 Å². The van der Waals surface area contributed by atoms with Crippen molar-refractivity contribution in [1.29, 1.82) is 0 Å². The molecule has 2 saturated carbocycles. The molecule has 1 aliphatic heterocycles. The summed E-state index contributed by atoms with van der Waals surface area (Å²) in [5.74, 6) is 4.46. The fraction of sp³-hybridized carbons (Fsp3) is 0.783. The number of carbonyl (C=O) groups excluding carboxylic acids is 1. The molecule has 26 heavy (non-hydrogen) atoms. The molecular weight excluding hydrogens is 324 g/mol. The van der Waals surface area contributed by atoms with Crippen LogP contribution in [0.15, 0.2) is 23.5 Å². The molecule has 3 fully saturated rings. The van der Waals surface area contributed by atoms with Crippen molar-refractivity contribution >= 4 is 5.78 Å². The number of ketones is 1. The predicted octanol–water partition coefficient (Wildman–Crippen LogP) is 4.82. The Morgan fingerprint density at radius 3 is 2.85 bits per heavy atom. The molecule has 3 heteroatoms. The van der Waals surface area contributed by atoms with Crippen LogP contribution >= 0.6 is 0 Å². The summed E-state index contributed by atoms with van der Waals surface area (Å²) < 4.78 is 12.0. The van der Waals surface area contributed by atoms with Gasteiger partial charge in [0.15, 0.2) is 5.78 Å². The van der Waals surface area contributed by atoms with Gasteiger partial charge in [-0.25, -0.2) is 0 Å². The van der Waals surface area contributed by atoms with E-state index in [1.54, 1.807) is 0 Å². The fourth-order valence-electron chi connectivity index (χ4n) is 7.52. The zero-order chi connectivity index (χ0) is 17.9. The summed E-state index contributed by atoms with van der Waals surface area (Å²) in [6.07, 6.45) is 13.5. The normalized spacial score (nSPS) is 47.1. The number of fused-ring (bicyclic) bond motifs is 6. The molecule has 1 heterocycles. The minimum Gasteiger partial charge on any atom is -0.498 e. The van der Waals surface area contributed by atoms with Crippen LogP contribution < -0.4 is 0 Å². The van der Waals surface area contributed by atoms with Crippen LogP contribution in [-0.2, 0) is 14.3 Å². The number of Topliss-reactive ketones (excluding diaryl/α,β-unsaturated/α-hetero) is 1. The van der Waals surface area contributed by atoms with Gasteiger partial charge in [0.1, 0.15) is 5.60 Å². The summed E-state index contributed by atoms with van der Waals surface area (Å²) in [7, 11) is 0. The standard InChI is InChI=1S/C23H32O3/c1-3-25-16-5-7-17-15(14-16)4-6-19-18(17)8-11-22(2)20(19)9-12-23(22)21(24)10-13-26-23/h4,14,17-20H,3,5-13H2,1-2H3/t17-,18+,19+,20-,22-,23+/m0/s1. The second-order valence-corrected chi connectivity index (χ2v) is 9.41. The Kier molecular flexibility index (Phi) is 3.90. The van der Waals surface area contributed by atoms with Crippen LogP contribution in [0.5, 0.6) is 0 Å². The van der Waals surface area contributed by atoms with Gasteiger partial charge in [-0.1, -0.05) is 13.0 Å². The van der Waals surface area contributed by atoms with Gasteiger partial charge in [-0.3, -0.25) is 4.79 Å². The lowest BCUT2D eigenvalue weighted by Gasteiger charge is -2.54. The molecule has 0 unspecified atom stereocenters. The van der Waals surface area contributed by atoms with E-state index < -0.39 is 5.60 Å². The molecule has 3 nitrogen and oxygen atoms in total. The molecule has 0 N–H and O–H groups in total. The van der Waals surface area contributed by atoms with Crippen LogP contribution in [-0.4, -0.2) is 24.6 Å². The highest BCUT2D eigenvalue weighted by atomic mass is 16.5. The molecule has 142 valence electrons. The largest absolute Gasteiger partial charge is 0.498 e. The lowest BCUT2D eigenvalue weighted by molar-refractivity contribution is -0.155. The monoisotopic (exact) mass is 356 g/mol. The van der Waals surface area contributed by atoms with E-state index in [-0.39, 0.29) is 5.41 Å². The van der Waals surface area contributed by atoms with Crippen LogP contribution in [0.25, 0.3) is 0 Å². The molecular formula is C23H32O3. The maximum Gasteiger partial charge on any atom is 0.167 e. The Labute approximate surface area is 157 Å². The first-order chi connectivity index (χ1) is 12.6. The van der Waals surface area contributed by atoms with E-state index in [9.17, 15) is 4.79 Å².